The Balaban J connectivity index is 1.95. The van der Waals surface area contributed by atoms with Gasteiger partial charge in [-0.3, -0.25) is 4.79 Å². The van der Waals surface area contributed by atoms with Gasteiger partial charge in [-0.2, -0.15) is 0 Å². The summed E-state index contributed by atoms with van der Waals surface area (Å²) in [6.45, 7) is 1.36. The van der Waals surface area contributed by atoms with Crippen molar-refractivity contribution in [2.45, 2.75) is 38.4 Å². The van der Waals surface area contributed by atoms with Crippen LogP contribution >= 0.6 is 0 Å². The first-order chi connectivity index (χ1) is 6.29. The molecule has 0 aromatic heterocycles. The average molecular weight is 187 g/mol. The minimum absolute atomic E-state index is 0.0540. The second-order valence-electron chi connectivity index (χ2n) is 3.24. The van der Waals surface area contributed by atoms with Gasteiger partial charge in [0.25, 0.3) is 0 Å². The van der Waals surface area contributed by atoms with Crippen molar-refractivity contribution in [3.63, 3.8) is 0 Å². The Bertz CT molecular complexity index is 155. The SMILES string of the molecule is NC(=O)CCCO[C@@H]1CCCCO1. The molecule has 0 saturated carbocycles. The fraction of sp³-hybridized carbons (Fsp3) is 0.889. The molecule has 4 nitrogen and oxygen atoms in total. The Morgan fingerprint density at radius 2 is 2.38 bits per heavy atom. The number of nitrogens with two attached hydrogens (primary N) is 1. The molecular weight excluding hydrogens is 170 g/mol. The van der Waals surface area contributed by atoms with Gasteiger partial charge >= 0.3 is 0 Å². The highest BCUT2D eigenvalue weighted by Crippen LogP contribution is 2.13. The molecule has 76 valence electrons. The van der Waals surface area contributed by atoms with Crippen LogP contribution in [0.5, 0.6) is 0 Å². The fourth-order valence-corrected chi connectivity index (χ4v) is 1.30. The first-order valence-electron chi connectivity index (χ1n) is 4.80. The van der Waals surface area contributed by atoms with Crippen LogP contribution in [0.2, 0.25) is 0 Å². The molecule has 0 bridgehead atoms. The molecule has 1 fully saturated rings. The minimum atomic E-state index is -0.270. The maximum atomic E-state index is 10.4. The molecule has 0 unspecified atom stereocenters. The molecule has 0 aromatic rings. The highest BCUT2D eigenvalue weighted by Gasteiger charge is 2.13. The monoisotopic (exact) mass is 187 g/mol. The molecule has 1 amide bonds. The lowest BCUT2D eigenvalue weighted by Gasteiger charge is -2.22. The predicted octanol–water partition coefficient (Wildman–Crippen LogP) is 0.795. The van der Waals surface area contributed by atoms with Gasteiger partial charge in [-0.05, 0) is 25.7 Å². The smallest absolute Gasteiger partial charge is 0.217 e. The molecule has 1 heterocycles. The van der Waals surface area contributed by atoms with E-state index in [1.165, 1.54) is 6.42 Å². The third kappa shape index (κ3) is 4.85. The quantitative estimate of drug-likeness (QED) is 0.647. The van der Waals surface area contributed by atoms with Crippen LogP contribution < -0.4 is 5.73 Å². The molecule has 1 saturated heterocycles. The maximum absolute atomic E-state index is 10.4. The second kappa shape index (κ2) is 5.94. The Morgan fingerprint density at radius 1 is 1.54 bits per heavy atom. The topological polar surface area (TPSA) is 61.6 Å². The highest BCUT2D eigenvalue weighted by atomic mass is 16.7. The van der Waals surface area contributed by atoms with Crippen molar-refractivity contribution >= 4 is 5.91 Å². The lowest BCUT2D eigenvalue weighted by Crippen LogP contribution is -2.23. The van der Waals surface area contributed by atoms with E-state index < -0.39 is 0 Å². The van der Waals surface area contributed by atoms with E-state index in [4.69, 9.17) is 15.2 Å². The predicted molar refractivity (Wildman–Crippen MR) is 48.0 cm³/mol. The van der Waals surface area contributed by atoms with Crippen molar-refractivity contribution in [3.05, 3.63) is 0 Å². The van der Waals surface area contributed by atoms with Crippen LogP contribution in [0.15, 0.2) is 0 Å². The number of rotatable bonds is 5. The van der Waals surface area contributed by atoms with E-state index >= 15 is 0 Å². The molecule has 0 aromatic carbocycles. The van der Waals surface area contributed by atoms with E-state index in [0.717, 1.165) is 19.4 Å². The molecule has 13 heavy (non-hydrogen) atoms. The summed E-state index contributed by atoms with van der Waals surface area (Å²) >= 11 is 0. The lowest BCUT2D eigenvalue weighted by atomic mass is 10.2. The molecule has 0 spiro atoms. The van der Waals surface area contributed by atoms with Crippen molar-refractivity contribution < 1.29 is 14.3 Å². The van der Waals surface area contributed by atoms with Gasteiger partial charge in [-0.1, -0.05) is 0 Å². The summed E-state index contributed by atoms with van der Waals surface area (Å²) in [6, 6.07) is 0. The average Bonchev–Trinajstić information content (AvgIpc) is 2.14. The molecule has 1 aliphatic heterocycles. The number of primary amides is 1. The van der Waals surface area contributed by atoms with Gasteiger partial charge in [-0.15, -0.1) is 0 Å². The van der Waals surface area contributed by atoms with E-state index in [1.54, 1.807) is 0 Å². The Labute approximate surface area is 78.4 Å². The van der Waals surface area contributed by atoms with Crippen LogP contribution in [-0.2, 0) is 14.3 Å². The number of ether oxygens (including phenoxy) is 2. The summed E-state index contributed by atoms with van der Waals surface area (Å²) in [5.74, 6) is -0.270. The number of carbonyl (C=O) groups is 1. The Kier molecular flexibility index (Phi) is 4.78. The second-order valence-corrected chi connectivity index (χ2v) is 3.24. The largest absolute Gasteiger partial charge is 0.370 e. The van der Waals surface area contributed by atoms with Gasteiger partial charge < -0.3 is 15.2 Å². The van der Waals surface area contributed by atoms with Crippen molar-refractivity contribution in [1.82, 2.24) is 0 Å². The van der Waals surface area contributed by atoms with Gasteiger partial charge in [0.15, 0.2) is 6.29 Å². The summed E-state index contributed by atoms with van der Waals surface area (Å²) in [5.41, 5.74) is 4.99. The van der Waals surface area contributed by atoms with Crippen LogP contribution in [-0.4, -0.2) is 25.4 Å². The zero-order valence-electron chi connectivity index (χ0n) is 7.83. The molecule has 1 aliphatic rings. The van der Waals surface area contributed by atoms with E-state index in [2.05, 4.69) is 0 Å². The lowest BCUT2D eigenvalue weighted by molar-refractivity contribution is -0.163. The summed E-state index contributed by atoms with van der Waals surface area (Å²) in [4.78, 5) is 10.4. The maximum Gasteiger partial charge on any atom is 0.217 e. The molecule has 4 heteroatoms. The van der Waals surface area contributed by atoms with Gasteiger partial charge in [0.1, 0.15) is 0 Å². The van der Waals surface area contributed by atoms with Crippen molar-refractivity contribution in [2.75, 3.05) is 13.2 Å². The third-order valence-electron chi connectivity index (χ3n) is 2.01. The molecule has 0 radical (unpaired) electrons. The number of hydrogen-bond donors (Lipinski definition) is 1. The third-order valence-corrected chi connectivity index (χ3v) is 2.01. The summed E-state index contributed by atoms with van der Waals surface area (Å²) in [6.07, 6.45) is 4.29. The zero-order chi connectivity index (χ0) is 9.52. The van der Waals surface area contributed by atoms with E-state index in [-0.39, 0.29) is 12.2 Å². The number of carbonyl (C=O) groups excluding carboxylic acids is 1. The van der Waals surface area contributed by atoms with Gasteiger partial charge in [0.05, 0.1) is 6.61 Å². The van der Waals surface area contributed by atoms with Crippen LogP contribution in [0, 0.1) is 0 Å². The summed E-state index contributed by atoms with van der Waals surface area (Å²) < 4.78 is 10.7. The van der Waals surface area contributed by atoms with Crippen LogP contribution in [0.25, 0.3) is 0 Å². The summed E-state index contributed by atoms with van der Waals surface area (Å²) in [5, 5.41) is 0. The van der Waals surface area contributed by atoms with Crippen LogP contribution in [0.4, 0.5) is 0 Å². The summed E-state index contributed by atoms with van der Waals surface area (Å²) in [7, 11) is 0. The standard InChI is InChI=1S/C9H17NO3/c10-8(11)4-3-7-13-9-5-1-2-6-12-9/h9H,1-7H2,(H2,10,11)/t9-/m1/s1. The molecule has 2 N–H and O–H groups in total. The van der Waals surface area contributed by atoms with Crippen molar-refractivity contribution in [2.24, 2.45) is 5.73 Å². The first kappa shape index (κ1) is 10.5. The van der Waals surface area contributed by atoms with Gasteiger partial charge in [0.2, 0.25) is 5.91 Å². The molecule has 0 aliphatic carbocycles. The highest BCUT2D eigenvalue weighted by molar-refractivity contribution is 5.73. The van der Waals surface area contributed by atoms with E-state index in [0.29, 0.717) is 19.4 Å². The van der Waals surface area contributed by atoms with Gasteiger partial charge in [0, 0.05) is 13.0 Å². The normalized spacial score (nSPS) is 22.9. The van der Waals surface area contributed by atoms with Crippen LogP contribution in [0.3, 0.4) is 0 Å². The van der Waals surface area contributed by atoms with Crippen LogP contribution in [0.1, 0.15) is 32.1 Å². The Hall–Kier alpha value is -0.610. The number of amides is 1. The van der Waals surface area contributed by atoms with E-state index in [1.807, 2.05) is 0 Å². The van der Waals surface area contributed by atoms with Crippen molar-refractivity contribution in [1.29, 1.82) is 0 Å². The molecular formula is C9H17NO3. The Morgan fingerprint density at radius 3 is 3.00 bits per heavy atom. The fourth-order valence-electron chi connectivity index (χ4n) is 1.30. The molecule has 1 atom stereocenters. The zero-order valence-corrected chi connectivity index (χ0v) is 7.83. The van der Waals surface area contributed by atoms with E-state index in [9.17, 15) is 4.79 Å². The minimum Gasteiger partial charge on any atom is -0.370 e. The number of hydrogen-bond acceptors (Lipinski definition) is 3. The van der Waals surface area contributed by atoms with Crippen molar-refractivity contribution in [3.8, 4) is 0 Å². The first-order valence-corrected chi connectivity index (χ1v) is 4.80. The molecule has 1 rings (SSSR count). The van der Waals surface area contributed by atoms with Gasteiger partial charge in [-0.25, -0.2) is 0 Å².